The Morgan fingerprint density at radius 3 is 1.84 bits per heavy atom. The van der Waals surface area contributed by atoms with Crippen LogP contribution in [0.4, 0.5) is 0 Å². The molecule has 0 saturated carbocycles. The summed E-state index contributed by atoms with van der Waals surface area (Å²) in [6.07, 6.45) is 13.0. The highest BCUT2D eigenvalue weighted by molar-refractivity contribution is 9.10. The fourth-order valence-electron chi connectivity index (χ4n) is 6.15. The first-order valence-electron chi connectivity index (χ1n) is 16.0. The van der Waals surface area contributed by atoms with Gasteiger partial charge in [0.15, 0.2) is 10.3 Å². The Kier molecular flexibility index (Phi) is 12.1. The number of nitrogens with zero attached hydrogens (tertiary/aromatic N) is 3. The van der Waals surface area contributed by atoms with Gasteiger partial charge in [-0.3, -0.25) is 0 Å². The van der Waals surface area contributed by atoms with Crippen molar-refractivity contribution in [2.75, 3.05) is 0 Å². The number of aryl methyl sites for hydroxylation is 1. The fraction of sp³-hybridized carbons (Fsp3) is 0.583. The molecule has 1 heterocycles. The van der Waals surface area contributed by atoms with Crippen LogP contribution < -0.4 is 0 Å². The molecule has 3 nitrogen and oxygen atoms in total. The molecule has 1 aliphatic carbocycles. The van der Waals surface area contributed by atoms with Crippen molar-refractivity contribution in [3.05, 3.63) is 62.8 Å². The molecule has 0 N–H and O–H groups in total. The minimum atomic E-state index is -0.0241. The van der Waals surface area contributed by atoms with Crippen molar-refractivity contribution in [3.63, 3.8) is 0 Å². The van der Waals surface area contributed by atoms with Crippen molar-refractivity contribution >= 4 is 51.1 Å². The summed E-state index contributed by atoms with van der Waals surface area (Å²) in [6, 6.07) is 13.4. The second-order valence-electron chi connectivity index (χ2n) is 13.9. The molecule has 0 aliphatic heterocycles. The number of aromatic nitrogens is 3. The molecule has 1 aromatic heterocycles. The van der Waals surface area contributed by atoms with Gasteiger partial charge in [0.25, 0.3) is 0 Å². The standard InChI is InChI=1S/C36H49BrClN3S2/c1-8-9-10-11-12-14-21-36(29-23-25(37)17-19-27(29)28-20-18-26(38)24-30(28)36)22-15-13-16-31-39-32(42-34(2,3)4)41-33(40-31)43-35(5,6)7/h17-20,23-24H,8-16,21-22H2,1-7H3. The summed E-state index contributed by atoms with van der Waals surface area (Å²) in [5, 5.41) is 2.50. The molecular weight excluding hydrogens is 654 g/mol. The molecular formula is C36H49BrClN3S2. The van der Waals surface area contributed by atoms with E-state index in [0.29, 0.717) is 0 Å². The van der Waals surface area contributed by atoms with E-state index in [9.17, 15) is 0 Å². The normalized spacial score (nSPS) is 16.4. The van der Waals surface area contributed by atoms with E-state index in [-0.39, 0.29) is 14.9 Å². The van der Waals surface area contributed by atoms with Crippen LogP contribution in [0, 0.1) is 0 Å². The van der Waals surface area contributed by atoms with Crippen LogP contribution in [-0.4, -0.2) is 24.4 Å². The average Bonchev–Trinajstić information content (AvgIpc) is 3.15. The summed E-state index contributed by atoms with van der Waals surface area (Å²) >= 11 is 13.9. The number of fused-ring (bicyclic) bond motifs is 3. The Morgan fingerprint density at radius 2 is 1.23 bits per heavy atom. The Labute approximate surface area is 282 Å². The first-order chi connectivity index (χ1) is 20.3. The molecule has 1 unspecified atom stereocenters. The zero-order valence-corrected chi connectivity index (χ0v) is 31.1. The summed E-state index contributed by atoms with van der Waals surface area (Å²) in [7, 11) is 0. The van der Waals surface area contributed by atoms with Crippen molar-refractivity contribution in [1.82, 2.24) is 15.0 Å². The second kappa shape index (κ2) is 15.0. The largest absolute Gasteiger partial charge is 0.207 e. The minimum Gasteiger partial charge on any atom is -0.207 e. The molecule has 2 aromatic carbocycles. The predicted molar refractivity (Wildman–Crippen MR) is 192 cm³/mol. The Hall–Kier alpha value is -1.08. The van der Waals surface area contributed by atoms with Gasteiger partial charge in [-0.2, -0.15) is 4.98 Å². The summed E-state index contributed by atoms with van der Waals surface area (Å²) in [5.41, 5.74) is 5.56. The highest BCUT2D eigenvalue weighted by Crippen LogP contribution is 2.55. The van der Waals surface area contributed by atoms with E-state index in [2.05, 4.69) is 94.7 Å². The molecule has 3 aromatic rings. The molecule has 234 valence electrons. The van der Waals surface area contributed by atoms with Crippen molar-refractivity contribution in [1.29, 1.82) is 0 Å². The van der Waals surface area contributed by atoms with Crippen LogP contribution in [0.2, 0.25) is 5.02 Å². The van der Waals surface area contributed by atoms with Gasteiger partial charge in [0, 0.05) is 30.8 Å². The maximum Gasteiger partial charge on any atom is 0.192 e. The average molecular weight is 703 g/mol. The molecule has 0 amide bonds. The molecule has 0 bridgehead atoms. The number of halogens is 2. The monoisotopic (exact) mass is 701 g/mol. The lowest BCUT2D eigenvalue weighted by molar-refractivity contribution is 0.401. The number of hydrogen-bond donors (Lipinski definition) is 0. The van der Waals surface area contributed by atoms with E-state index < -0.39 is 0 Å². The van der Waals surface area contributed by atoms with Gasteiger partial charge in [-0.05, 0) is 65.8 Å². The quantitative estimate of drug-likeness (QED) is 0.123. The van der Waals surface area contributed by atoms with Crippen LogP contribution in [0.3, 0.4) is 0 Å². The van der Waals surface area contributed by atoms with E-state index in [1.54, 1.807) is 23.5 Å². The second-order valence-corrected chi connectivity index (χ2v) is 18.9. The SMILES string of the molecule is CCCCCCCCC1(CCCCc2nc(SC(C)(C)C)nc(SC(C)(C)C)n2)c2cc(Cl)ccc2-c2ccc(Br)cc21. The first kappa shape index (κ1) is 34.8. The Balaban J connectivity index is 1.57. The third-order valence-corrected chi connectivity index (χ3v) is 10.6. The van der Waals surface area contributed by atoms with E-state index in [1.807, 2.05) is 6.07 Å². The molecule has 7 heteroatoms. The van der Waals surface area contributed by atoms with Crippen LogP contribution in [-0.2, 0) is 11.8 Å². The van der Waals surface area contributed by atoms with Gasteiger partial charge in [-0.25, -0.2) is 9.97 Å². The lowest BCUT2D eigenvalue weighted by atomic mass is 9.70. The minimum absolute atomic E-state index is 0.0241. The van der Waals surface area contributed by atoms with Crippen molar-refractivity contribution in [3.8, 4) is 11.1 Å². The fourth-order valence-corrected chi connectivity index (χ4v) is 8.40. The molecule has 4 rings (SSSR count). The van der Waals surface area contributed by atoms with E-state index >= 15 is 0 Å². The summed E-state index contributed by atoms with van der Waals surface area (Å²) in [4.78, 5) is 14.7. The lowest BCUT2D eigenvalue weighted by Crippen LogP contribution is -2.25. The molecule has 0 radical (unpaired) electrons. The lowest BCUT2D eigenvalue weighted by Gasteiger charge is -2.33. The third-order valence-electron chi connectivity index (χ3n) is 7.93. The molecule has 0 saturated heterocycles. The van der Waals surface area contributed by atoms with Gasteiger partial charge in [-0.1, -0.05) is 157 Å². The first-order valence-corrected chi connectivity index (χ1v) is 18.8. The Morgan fingerprint density at radius 1 is 0.698 bits per heavy atom. The van der Waals surface area contributed by atoms with Crippen LogP contribution in [0.1, 0.15) is 130 Å². The molecule has 0 spiro atoms. The van der Waals surface area contributed by atoms with E-state index in [1.165, 1.54) is 60.8 Å². The van der Waals surface area contributed by atoms with Crippen LogP contribution in [0.15, 0.2) is 51.2 Å². The zero-order valence-electron chi connectivity index (χ0n) is 27.2. The van der Waals surface area contributed by atoms with Crippen LogP contribution in [0.5, 0.6) is 0 Å². The van der Waals surface area contributed by atoms with E-state index in [0.717, 1.165) is 57.7 Å². The van der Waals surface area contributed by atoms with Crippen LogP contribution >= 0.6 is 51.1 Å². The number of thioether (sulfide) groups is 2. The maximum atomic E-state index is 6.67. The summed E-state index contributed by atoms with van der Waals surface area (Å²) in [6.45, 7) is 15.6. The van der Waals surface area contributed by atoms with Crippen molar-refractivity contribution in [2.45, 2.75) is 144 Å². The highest BCUT2D eigenvalue weighted by Gasteiger charge is 2.42. The zero-order chi connectivity index (χ0) is 31.3. The van der Waals surface area contributed by atoms with Gasteiger partial charge in [0.1, 0.15) is 5.82 Å². The van der Waals surface area contributed by atoms with Crippen molar-refractivity contribution < 1.29 is 0 Å². The molecule has 1 atom stereocenters. The van der Waals surface area contributed by atoms with Gasteiger partial charge < -0.3 is 0 Å². The smallest absolute Gasteiger partial charge is 0.192 e. The van der Waals surface area contributed by atoms with Gasteiger partial charge in [0.05, 0.1) is 0 Å². The highest BCUT2D eigenvalue weighted by atomic mass is 79.9. The molecule has 0 fully saturated rings. The number of hydrogen-bond acceptors (Lipinski definition) is 5. The third kappa shape index (κ3) is 9.70. The molecule has 1 aliphatic rings. The number of benzene rings is 2. The maximum absolute atomic E-state index is 6.67. The predicted octanol–water partition coefficient (Wildman–Crippen LogP) is 12.5. The van der Waals surface area contributed by atoms with Gasteiger partial charge >= 0.3 is 0 Å². The van der Waals surface area contributed by atoms with E-state index in [4.69, 9.17) is 26.6 Å². The summed E-state index contributed by atoms with van der Waals surface area (Å²) in [5.74, 6) is 0.913. The summed E-state index contributed by atoms with van der Waals surface area (Å²) < 4.78 is 1.24. The number of unbranched alkanes of at least 4 members (excludes halogenated alkanes) is 6. The molecule has 43 heavy (non-hydrogen) atoms. The van der Waals surface area contributed by atoms with Gasteiger partial charge in [-0.15, -0.1) is 0 Å². The van der Waals surface area contributed by atoms with Gasteiger partial charge in [0.2, 0.25) is 0 Å². The van der Waals surface area contributed by atoms with Crippen molar-refractivity contribution in [2.24, 2.45) is 0 Å². The van der Waals surface area contributed by atoms with Crippen LogP contribution in [0.25, 0.3) is 11.1 Å². The number of rotatable bonds is 14. The Bertz CT molecular complexity index is 1290. The topological polar surface area (TPSA) is 38.7 Å².